The maximum absolute atomic E-state index is 13.5. The molecule has 2 fully saturated rings. The summed E-state index contributed by atoms with van der Waals surface area (Å²) >= 11 is 0. The van der Waals surface area contributed by atoms with Crippen molar-refractivity contribution in [3.8, 4) is 5.75 Å². The van der Waals surface area contributed by atoms with Gasteiger partial charge < -0.3 is 18.7 Å². The average Bonchev–Trinajstić information content (AvgIpc) is 3.27. The van der Waals surface area contributed by atoms with E-state index in [0.29, 0.717) is 5.56 Å². The maximum Gasteiger partial charge on any atom is 0.459 e. The predicted octanol–water partition coefficient (Wildman–Crippen LogP) is 2.13. The van der Waals surface area contributed by atoms with E-state index in [1.165, 1.54) is 36.7 Å². The molecule has 1 aromatic heterocycles. The molecule has 0 bridgehead atoms. The summed E-state index contributed by atoms with van der Waals surface area (Å²) in [6.07, 6.45) is 1.79. The number of aryl methyl sites for hydroxylation is 1. The van der Waals surface area contributed by atoms with Gasteiger partial charge in [-0.15, -0.1) is 0 Å². The van der Waals surface area contributed by atoms with Crippen molar-refractivity contribution in [3.63, 3.8) is 0 Å². The average molecular weight is 527 g/mol. The van der Waals surface area contributed by atoms with Gasteiger partial charge in [0.25, 0.3) is 5.56 Å². The van der Waals surface area contributed by atoms with Gasteiger partial charge in [-0.3, -0.25) is 23.7 Å². The molecule has 1 aliphatic carbocycles. The largest absolute Gasteiger partial charge is 0.461 e. The van der Waals surface area contributed by atoms with Gasteiger partial charge in [-0.25, -0.2) is 13.8 Å². The first-order valence-electron chi connectivity index (χ1n) is 11.4. The number of halogens is 1. The summed E-state index contributed by atoms with van der Waals surface area (Å²) < 4.78 is 55.5. The molecule has 12 nitrogen and oxygen atoms in total. The zero-order chi connectivity index (χ0) is 25.9. The fourth-order valence-corrected chi connectivity index (χ4v) is 4.88. The lowest BCUT2D eigenvalue weighted by molar-refractivity contribution is -0.154. The van der Waals surface area contributed by atoms with E-state index < -0.39 is 55.9 Å². The van der Waals surface area contributed by atoms with E-state index >= 15 is 0 Å². The molecule has 1 aliphatic heterocycles. The lowest BCUT2D eigenvalue weighted by Crippen LogP contribution is -2.38. The number of aromatic nitrogens is 2. The Kier molecular flexibility index (Phi) is 8.06. The standard InChI is InChI=1S/C22H27FN3O9P/c1-13-10-26(22(29)24-20(13)27)18-11-31-19(34-18)12-32-36(30,35-17-8-6-15(23)7-9-17)25-14(2)21(28)33-16-4-3-5-16/h6-10,14,16,18-19H,3-5,11-12H2,1-2H3,(H,25,30)(H,24,27,29)/t14-,18+,19+,36?/m0/s1. The Labute approximate surface area is 205 Å². The summed E-state index contributed by atoms with van der Waals surface area (Å²) in [6, 6.07) is 3.71. The Balaban J connectivity index is 1.42. The molecule has 0 spiro atoms. The van der Waals surface area contributed by atoms with Crippen molar-refractivity contribution in [3.05, 3.63) is 62.7 Å². The number of ether oxygens (including phenoxy) is 3. The highest BCUT2D eigenvalue weighted by molar-refractivity contribution is 7.52. The van der Waals surface area contributed by atoms with Gasteiger partial charge in [-0.1, -0.05) is 0 Å². The zero-order valence-corrected chi connectivity index (χ0v) is 20.6. The molecular weight excluding hydrogens is 500 g/mol. The van der Waals surface area contributed by atoms with Crippen molar-refractivity contribution in [1.29, 1.82) is 0 Å². The van der Waals surface area contributed by atoms with Gasteiger partial charge in [0.05, 0.1) is 6.61 Å². The van der Waals surface area contributed by atoms with E-state index in [-0.39, 0.29) is 18.5 Å². The van der Waals surface area contributed by atoms with Crippen molar-refractivity contribution in [2.24, 2.45) is 0 Å². The number of carbonyl (C=O) groups excluding carboxylic acids is 1. The number of carbonyl (C=O) groups is 1. The van der Waals surface area contributed by atoms with Gasteiger partial charge in [0.1, 0.15) is 30.3 Å². The van der Waals surface area contributed by atoms with Crippen molar-refractivity contribution >= 4 is 13.7 Å². The van der Waals surface area contributed by atoms with Crippen molar-refractivity contribution in [2.45, 2.75) is 57.8 Å². The van der Waals surface area contributed by atoms with Crippen LogP contribution in [0.4, 0.5) is 4.39 Å². The molecule has 2 aliphatic rings. The molecule has 0 radical (unpaired) electrons. The molecule has 1 aromatic carbocycles. The summed E-state index contributed by atoms with van der Waals surface area (Å²) in [5, 5.41) is 2.54. The second-order valence-electron chi connectivity index (χ2n) is 8.51. The third kappa shape index (κ3) is 6.48. The first-order valence-corrected chi connectivity index (χ1v) is 12.9. The summed E-state index contributed by atoms with van der Waals surface area (Å²) in [7, 11) is -4.22. The van der Waals surface area contributed by atoms with E-state index in [4.69, 9.17) is 23.3 Å². The van der Waals surface area contributed by atoms with Crippen LogP contribution in [0.15, 0.2) is 40.1 Å². The highest BCUT2D eigenvalue weighted by Gasteiger charge is 2.37. The summed E-state index contributed by atoms with van der Waals surface area (Å²) in [4.78, 5) is 38.3. The molecular formula is C22H27FN3O9P. The minimum absolute atomic E-state index is 0.0354. The van der Waals surface area contributed by atoms with Crippen LogP contribution in [0.3, 0.4) is 0 Å². The highest BCUT2D eigenvalue weighted by atomic mass is 31.2. The number of H-pyrrole nitrogens is 1. The van der Waals surface area contributed by atoms with Gasteiger partial charge in [-0.2, -0.15) is 5.09 Å². The SMILES string of the molecule is Cc1cn([C@H]2CO[C@@H](COP(=O)(N[C@@H](C)C(=O)OC3CCC3)Oc3ccc(F)cc3)O2)c(=O)[nH]c1=O. The number of nitrogens with one attached hydrogen (secondary N) is 2. The third-order valence-electron chi connectivity index (χ3n) is 5.65. The van der Waals surface area contributed by atoms with Crippen LogP contribution in [0, 0.1) is 12.7 Å². The first kappa shape index (κ1) is 26.2. The van der Waals surface area contributed by atoms with Gasteiger partial charge >= 0.3 is 19.4 Å². The zero-order valence-electron chi connectivity index (χ0n) is 19.7. The smallest absolute Gasteiger partial charge is 0.459 e. The summed E-state index contributed by atoms with van der Waals surface area (Å²) in [6.45, 7) is 2.55. The van der Waals surface area contributed by atoms with Crippen LogP contribution in [0.5, 0.6) is 5.75 Å². The number of rotatable bonds is 10. The Hall–Kier alpha value is -2.83. The van der Waals surface area contributed by atoms with Crippen molar-refractivity contribution < 1.29 is 37.0 Å². The van der Waals surface area contributed by atoms with E-state index in [1.54, 1.807) is 0 Å². The maximum atomic E-state index is 13.5. The van der Waals surface area contributed by atoms with E-state index in [2.05, 4.69) is 10.1 Å². The molecule has 4 atom stereocenters. The monoisotopic (exact) mass is 527 g/mol. The van der Waals surface area contributed by atoms with Crippen LogP contribution in [0.1, 0.15) is 38.0 Å². The topological polar surface area (TPSA) is 147 Å². The van der Waals surface area contributed by atoms with E-state index in [0.717, 1.165) is 31.4 Å². The lowest BCUT2D eigenvalue weighted by Gasteiger charge is -2.28. The quantitative estimate of drug-likeness (QED) is 0.348. The highest BCUT2D eigenvalue weighted by Crippen LogP contribution is 2.45. The summed E-state index contributed by atoms with van der Waals surface area (Å²) in [5.74, 6) is -1.10. The molecule has 0 amide bonds. The van der Waals surface area contributed by atoms with Crippen LogP contribution in [-0.2, 0) is 28.1 Å². The minimum Gasteiger partial charge on any atom is -0.461 e. The Morgan fingerprint density at radius 1 is 1.31 bits per heavy atom. The second kappa shape index (κ2) is 11.1. The Morgan fingerprint density at radius 3 is 2.69 bits per heavy atom. The van der Waals surface area contributed by atoms with Crippen LogP contribution >= 0.6 is 7.75 Å². The fraction of sp³-hybridized carbons (Fsp3) is 0.500. The van der Waals surface area contributed by atoms with Crippen LogP contribution in [0.25, 0.3) is 0 Å². The number of hydrogen-bond donors (Lipinski definition) is 2. The van der Waals surface area contributed by atoms with Gasteiger partial charge in [0.2, 0.25) is 0 Å². The van der Waals surface area contributed by atoms with Gasteiger partial charge in [0, 0.05) is 11.8 Å². The summed E-state index contributed by atoms with van der Waals surface area (Å²) in [5.41, 5.74) is -0.876. The molecule has 4 rings (SSSR count). The molecule has 1 saturated carbocycles. The molecule has 2 heterocycles. The van der Waals surface area contributed by atoms with E-state index in [9.17, 15) is 23.3 Å². The number of esters is 1. The third-order valence-corrected chi connectivity index (χ3v) is 7.29. The van der Waals surface area contributed by atoms with Crippen LogP contribution in [-0.4, -0.2) is 47.2 Å². The predicted molar refractivity (Wildman–Crippen MR) is 123 cm³/mol. The van der Waals surface area contributed by atoms with E-state index in [1.807, 2.05) is 0 Å². The Morgan fingerprint density at radius 2 is 2.03 bits per heavy atom. The number of benzene rings is 1. The number of hydrogen-bond acceptors (Lipinski definition) is 9. The van der Waals surface area contributed by atoms with Crippen molar-refractivity contribution in [2.75, 3.05) is 13.2 Å². The number of aromatic amines is 1. The number of nitrogens with zero attached hydrogens (tertiary/aromatic N) is 1. The molecule has 1 unspecified atom stereocenters. The second-order valence-corrected chi connectivity index (χ2v) is 10.2. The Bertz CT molecular complexity index is 1240. The molecule has 2 aromatic rings. The minimum atomic E-state index is -4.22. The molecule has 196 valence electrons. The lowest BCUT2D eigenvalue weighted by atomic mass is 9.96. The van der Waals surface area contributed by atoms with Crippen LogP contribution in [0.2, 0.25) is 0 Å². The van der Waals surface area contributed by atoms with Crippen LogP contribution < -0.4 is 20.9 Å². The normalized spacial score (nSPS) is 22.4. The first-order chi connectivity index (χ1) is 17.1. The van der Waals surface area contributed by atoms with Gasteiger partial charge in [-0.05, 0) is 57.4 Å². The van der Waals surface area contributed by atoms with Crippen molar-refractivity contribution in [1.82, 2.24) is 14.6 Å². The molecule has 2 N–H and O–H groups in total. The fourth-order valence-electron chi connectivity index (χ4n) is 3.40. The molecule has 14 heteroatoms. The molecule has 36 heavy (non-hydrogen) atoms. The molecule has 1 saturated heterocycles. The van der Waals surface area contributed by atoms with Gasteiger partial charge in [0.15, 0.2) is 12.5 Å².